The van der Waals surface area contributed by atoms with Crippen LogP contribution in [-0.4, -0.2) is 9.97 Å². The van der Waals surface area contributed by atoms with Crippen LogP contribution in [0, 0.1) is 6.92 Å². The van der Waals surface area contributed by atoms with Gasteiger partial charge in [-0.25, -0.2) is 10.8 Å². The maximum atomic E-state index is 6.08. The average molecular weight is 307 g/mol. The van der Waals surface area contributed by atoms with E-state index in [1.807, 2.05) is 19.1 Å². The zero-order valence-electron chi connectivity index (χ0n) is 12.6. The molecule has 112 valence electrons. The van der Waals surface area contributed by atoms with E-state index in [2.05, 4.69) is 42.2 Å². The second-order valence-electron chi connectivity index (χ2n) is 5.84. The van der Waals surface area contributed by atoms with Gasteiger partial charge >= 0.3 is 0 Å². The van der Waals surface area contributed by atoms with Crippen molar-refractivity contribution in [3.05, 3.63) is 40.5 Å². The third-order valence-electron chi connectivity index (χ3n) is 2.99. The topological polar surface area (TPSA) is 73.1 Å². The number of nitrogens with two attached hydrogens (primary N) is 1. The Morgan fingerprint density at radius 1 is 1.29 bits per heavy atom. The normalized spacial score (nSPS) is 11.3. The van der Waals surface area contributed by atoms with Crippen molar-refractivity contribution < 1.29 is 4.74 Å². The number of aryl methyl sites for hydroxylation is 1. The number of nitrogens with zero attached hydrogens (tertiary/aromatic N) is 2. The van der Waals surface area contributed by atoms with Gasteiger partial charge in [-0.05, 0) is 18.4 Å². The Kier molecular flexibility index (Phi) is 4.34. The van der Waals surface area contributed by atoms with Crippen molar-refractivity contribution in [3.8, 4) is 11.6 Å². The Morgan fingerprint density at radius 2 is 2.00 bits per heavy atom. The molecule has 21 heavy (non-hydrogen) atoms. The number of hydrazine groups is 1. The van der Waals surface area contributed by atoms with Gasteiger partial charge in [0.05, 0.1) is 6.20 Å². The minimum atomic E-state index is -0.0597. The van der Waals surface area contributed by atoms with E-state index in [1.54, 1.807) is 0 Å². The number of aromatic nitrogens is 2. The molecule has 0 aliphatic carbocycles. The van der Waals surface area contributed by atoms with Crippen molar-refractivity contribution in [2.75, 3.05) is 5.43 Å². The number of nitrogens with one attached hydrogen (secondary N) is 1. The van der Waals surface area contributed by atoms with Crippen molar-refractivity contribution in [1.29, 1.82) is 0 Å². The third kappa shape index (κ3) is 3.62. The van der Waals surface area contributed by atoms with Crippen LogP contribution in [0.25, 0.3) is 0 Å². The molecule has 0 saturated heterocycles. The summed E-state index contributed by atoms with van der Waals surface area (Å²) in [6.07, 6.45) is 1.45. The van der Waals surface area contributed by atoms with E-state index in [0.717, 1.165) is 11.3 Å². The van der Waals surface area contributed by atoms with Crippen molar-refractivity contribution >= 4 is 17.5 Å². The van der Waals surface area contributed by atoms with Crippen LogP contribution in [0.5, 0.6) is 11.6 Å². The summed E-state index contributed by atoms with van der Waals surface area (Å²) >= 11 is 6.08. The van der Waals surface area contributed by atoms with Gasteiger partial charge in [-0.1, -0.05) is 50.1 Å². The summed E-state index contributed by atoms with van der Waals surface area (Å²) in [5.41, 5.74) is 4.57. The van der Waals surface area contributed by atoms with Gasteiger partial charge in [-0.2, -0.15) is 4.98 Å². The number of ether oxygens (including phenoxy) is 1. The lowest BCUT2D eigenvalue weighted by atomic mass is 9.85. The number of rotatable bonds is 3. The highest BCUT2D eigenvalue weighted by Gasteiger charge is 2.20. The minimum absolute atomic E-state index is 0.0597. The molecule has 0 spiro atoms. The van der Waals surface area contributed by atoms with Gasteiger partial charge in [-0.3, -0.25) is 5.43 Å². The number of benzene rings is 1. The number of nitrogen functional groups attached to an aromatic ring is 1. The van der Waals surface area contributed by atoms with E-state index in [-0.39, 0.29) is 17.2 Å². The summed E-state index contributed by atoms with van der Waals surface area (Å²) in [6.45, 7) is 8.43. The molecule has 1 heterocycles. The summed E-state index contributed by atoms with van der Waals surface area (Å²) in [7, 11) is 0. The second kappa shape index (κ2) is 5.87. The van der Waals surface area contributed by atoms with E-state index in [0.29, 0.717) is 5.02 Å². The van der Waals surface area contributed by atoms with Crippen LogP contribution < -0.4 is 16.0 Å². The van der Waals surface area contributed by atoms with E-state index < -0.39 is 0 Å². The molecular weight excluding hydrogens is 288 g/mol. The Bertz CT molecular complexity index is 653. The summed E-state index contributed by atoms with van der Waals surface area (Å²) < 4.78 is 5.89. The van der Waals surface area contributed by atoms with Gasteiger partial charge in [0, 0.05) is 5.56 Å². The molecule has 1 aromatic heterocycles. The molecule has 2 aromatic rings. The Labute approximate surface area is 129 Å². The van der Waals surface area contributed by atoms with Crippen LogP contribution in [0.1, 0.15) is 31.9 Å². The molecule has 5 nitrogen and oxygen atoms in total. The van der Waals surface area contributed by atoms with Crippen molar-refractivity contribution in [1.82, 2.24) is 9.97 Å². The van der Waals surface area contributed by atoms with E-state index in [9.17, 15) is 0 Å². The highest BCUT2D eigenvalue weighted by atomic mass is 35.5. The van der Waals surface area contributed by atoms with E-state index in [1.165, 1.54) is 11.8 Å². The van der Waals surface area contributed by atoms with Crippen LogP contribution in [0.4, 0.5) is 5.95 Å². The monoisotopic (exact) mass is 306 g/mol. The fourth-order valence-corrected chi connectivity index (χ4v) is 2.05. The lowest BCUT2D eigenvalue weighted by molar-refractivity contribution is 0.439. The fraction of sp³-hybridized carbons (Fsp3) is 0.333. The summed E-state index contributed by atoms with van der Waals surface area (Å²) in [5, 5.41) is 0.328. The molecule has 6 heteroatoms. The maximum Gasteiger partial charge on any atom is 0.243 e. The molecule has 0 bridgehead atoms. The molecule has 0 amide bonds. The molecular formula is C15H19ClN4O. The van der Waals surface area contributed by atoms with Crippen molar-refractivity contribution in [2.45, 2.75) is 33.1 Å². The van der Waals surface area contributed by atoms with Crippen LogP contribution in [-0.2, 0) is 5.41 Å². The zero-order chi connectivity index (χ0) is 15.6. The molecule has 0 fully saturated rings. The lowest BCUT2D eigenvalue weighted by Gasteiger charge is -2.23. The molecule has 0 radical (unpaired) electrons. The number of anilines is 1. The predicted molar refractivity (Wildman–Crippen MR) is 84.8 cm³/mol. The van der Waals surface area contributed by atoms with Crippen molar-refractivity contribution in [2.24, 2.45) is 5.84 Å². The molecule has 2 rings (SSSR count). The van der Waals surface area contributed by atoms with E-state index in [4.69, 9.17) is 22.2 Å². The standard InChI is InChI=1S/C15H19ClN4O/c1-9-5-6-12(10(7-9)15(2,3)4)21-13-11(16)8-18-14(19-13)20-17/h5-8H,17H2,1-4H3,(H,18,19,20). The molecule has 0 aliphatic heterocycles. The quantitative estimate of drug-likeness (QED) is 0.666. The Morgan fingerprint density at radius 3 is 2.62 bits per heavy atom. The maximum absolute atomic E-state index is 6.08. The van der Waals surface area contributed by atoms with Crippen molar-refractivity contribution in [3.63, 3.8) is 0 Å². The lowest BCUT2D eigenvalue weighted by Crippen LogP contribution is -2.13. The first-order chi connectivity index (χ1) is 9.81. The minimum Gasteiger partial charge on any atom is -0.437 e. The molecule has 0 atom stereocenters. The largest absolute Gasteiger partial charge is 0.437 e. The van der Waals surface area contributed by atoms with E-state index >= 15 is 0 Å². The number of halogens is 1. The number of hydrogen-bond donors (Lipinski definition) is 2. The highest BCUT2D eigenvalue weighted by Crippen LogP contribution is 2.36. The first-order valence-corrected chi connectivity index (χ1v) is 6.97. The highest BCUT2D eigenvalue weighted by molar-refractivity contribution is 6.31. The molecule has 0 saturated carbocycles. The van der Waals surface area contributed by atoms with Gasteiger partial charge in [0.2, 0.25) is 11.8 Å². The van der Waals surface area contributed by atoms with Gasteiger partial charge in [0.15, 0.2) is 0 Å². The zero-order valence-corrected chi connectivity index (χ0v) is 13.3. The van der Waals surface area contributed by atoms with Gasteiger partial charge in [0.1, 0.15) is 10.8 Å². The Balaban J connectivity index is 2.45. The van der Waals surface area contributed by atoms with Gasteiger partial charge < -0.3 is 4.74 Å². The smallest absolute Gasteiger partial charge is 0.243 e. The van der Waals surface area contributed by atoms with Crippen LogP contribution in [0.3, 0.4) is 0 Å². The first kappa shape index (κ1) is 15.5. The second-order valence-corrected chi connectivity index (χ2v) is 6.25. The molecule has 0 unspecified atom stereocenters. The van der Waals surface area contributed by atoms with Crippen LogP contribution >= 0.6 is 11.6 Å². The van der Waals surface area contributed by atoms with Crippen LogP contribution in [0.2, 0.25) is 5.02 Å². The molecule has 3 N–H and O–H groups in total. The molecule has 1 aromatic carbocycles. The fourth-order valence-electron chi connectivity index (χ4n) is 1.92. The summed E-state index contributed by atoms with van der Waals surface area (Å²) in [6, 6.07) is 6.01. The Hall–Kier alpha value is -1.85. The van der Waals surface area contributed by atoms with Crippen LogP contribution in [0.15, 0.2) is 24.4 Å². The molecule has 0 aliphatic rings. The summed E-state index contributed by atoms with van der Waals surface area (Å²) in [5.74, 6) is 6.55. The number of hydrogen-bond acceptors (Lipinski definition) is 5. The predicted octanol–water partition coefficient (Wildman–Crippen LogP) is 3.81. The first-order valence-electron chi connectivity index (χ1n) is 6.59. The SMILES string of the molecule is Cc1ccc(Oc2nc(NN)ncc2Cl)c(C(C)(C)C)c1. The van der Waals surface area contributed by atoms with Gasteiger partial charge in [0.25, 0.3) is 0 Å². The summed E-state index contributed by atoms with van der Waals surface area (Å²) in [4.78, 5) is 8.06. The van der Waals surface area contributed by atoms with Gasteiger partial charge in [-0.15, -0.1) is 0 Å². The average Bonchev–Trinajstić information content (AvgIpc) is 2.42. The third-order valence-corrected chi connectivity index (χ3v) is 3.25.